The zero-order chi connectivity index (χ0) is 16.3. The van der Waals surface area contributed by atoms with Gasteiger partial charge < -0.3 is 0 Å². The van der Waals surface area contributed by atoms with Crippen molar-refractivity contribution in [2.45, 2.75) is 59.8 Å². The van der Waals surface area contributed by atoms with Gasteiger partial charge in [0.2, 0.25) is 0 Å². The second kappa shape index (κ2) is 4.72. The van der Waals surface area contributed by atoms with E-state index < -0.39 is 0 Å². The van der Waals surface area contributed by atoms with E-state index in [1.165, 1.54) is 33.4 Å². The van der Waals surface area contributed by atoms with Crippen molar-refractivity contribution in [3.8, 4) is 0 Å². The molecule has 1 unspecified atom stereocenters. The van der Waals surface area contributed by atoms with Crippen LogP contribution in [0.25, 0.3) is 5.57 Å². The van der Waals surface area contributed by atoms with E-state index in [-0.39, 0.29) is 10.8 Å². The van der Waals surface area contributed by atoms with Crippen LogP contribution < -0.4 is 0 Å². The van der Waals surface area contributed by atoms with Crippen molar-refractivity contribution < 1.29 is 0 Å². The van der Waals surface area contributed by atoms with Crippen LogP contribution >= 0.6 is 0 Å². The van der Waals surface area contributed by atoms with Crippen LogP contribution in [0.4, 0.5) is 0 Å². The van der Waals surface area contributed by atoms with Gasteiger partial charge in [-0.25, -0.2) is 0 Å². The number of hydrogen-bond acceptors (Lipinski definition) is 0. The highest BCUT2D eigenvalue weighted by molar-refractivity contribution is 5.81. The fraction of sp³-hybridized carbons (Fsp3) is 0.455. The summed E-state index contributed by atoms with van der Waals surface area (Å²) in [6.45, 7) is 16.0. The topological polar surface area (TPSA) is 0 Å². The SMILES string of the molecule is CC1=C2C=CC(C(C)(C)C)=CC2c2cc(C(C)(C)C)ccc21. The van der Waals surface area contributed by atoms with Gasteiger partial charge in [-0.15, -0.1) is 0 Å². The molecule has 0 aromatic heterocycles. The van der Waals surface area contributed by atoms with Gasteiger partial charge in [-0.05, 0) is 51.2 Å². The lowest BCUT2D eigenvalue weighted by atomic mass is 9.78. The third-order valence-electron chi connectivity index (χ3n) is 5.08. The fourth-order valence-electron chi connectivity index (χ4n) is 3.51. The van der Waals surface area contributed by atoms with Crippen LogP contribution in [0.1, 0.15) is 71.1 Å². The highest BCUT2D eigenvalue weighted by Crippen LogP contribution is 2.48. The number of rotatable bonds is 0. The van der Waals surface area contributed by atoms with E-state index in [4.69, 9.17) is 0 Å². The third-order valence-corrected chi connectivity index (χ3v) is 5.08. The summed E-state index contributed by atoms with van der Waals surface area (Å²) in [5, 5.41) is 0. The van der Waals surface area contributed by atoms with E-state index >= 15 is 0 Å². The van der Waals surface area contributed by atoms with Crippen molar-refractivity contribution in [3.63, 3.8) is 0 Å². The molecule has 116 valence electrons. The molecular formula is C22H28. The van der Waals surface area contributed by atoms with Gasteiger partial charge in [0.25, 0.3) is 0 Å². The van der Waals surface area contributed by atoms with Crippen LogP contribution in [-0.4, -0.2) is 0 Å². The Hall–Kier alpha value is -1.56. The highest BCUT2D eigenvalue weighted by atomic mass is 14.3. The first-order valence-corrected chi connectivity index (χ1v) is 8.35. The minimum Gasteiger partial charge on any atom is -0.0689 e. The number of hydrogen-bond donors (Lipinski definition) is 0. The molecule has 0 saturated carbocycles. The Kier molecular flexibility index (Phi) is 3.29. The van der Waals surface area contributed by atoms with Gasteiger partial charge in [0, 0.05) is 5.92 Å². The predicted octanol–water partition coefficient (Wildman–Crippen LogP) is 6.40. The lowest BCUT2D eigenvalue weighted by Gasteiger charge is -2.27. The Morgan fingerprint density at radius 3 is 2.14 bits per heavy atom. The molecule has 0 spiro atoms. The molecule has 0 fully saturated rings. The quantitative estimate of drug-likeness (QED) is 0.519. The van der Waals surface area contributed by atoms with Crippen molar-refractivity contribution in [2.75, 3.05) is 0 Å². The monoisotopic (exact) mass is 292 g/mol. The van der Waals surface area contributed by atoms with Gasteiger partial charge in [0.05, 0.1) is 0 Å². The van der Waals surface area contributed by atoms with E-state index in [1.807, 2.05) is 0 Å². The molecule has 0 radical (unpaired) electrons. The summed E-state index contributed by atoms with van der Waals surface area (Å²) < 4.78 is 0. The summed E-state index contributed by atoms with van der Waals surface area (Å²) in [7, 11) is 0. The molecular weight excluding hydrogens is 264 g/mol. The van der Waals surface area contributed by atoms with Gasteiger partial charge in [0.15, 0.2) is 0 Å². The van der Waals surface area contributed by atoms with E-state index in [1.54, 1.807) is 0 Å². The molecule has 1 aromatic carbocycles. The number of benzene rings is 1. The van der Waals surface area contributed by atoms with Gasteiger partial charge >= 0.3 is 0 Å². The van der Waals surface area contributed by atoms with Gasteiger partial charge in [-0.1, -0.05) is 78.0 Å². The molecule has 1 atom stereocenters. The summed E-state index contributed by atoms with van der Waals surface area (Å²) in [6.07, 6.45) is 7.14. The van der Waals surface area contributed by atoms with Crippen LogP contribution in [0.5, 0.6) is 0 Å². The molecule has 0 bridgehead atoms. The second-order valence-electron chi connectivity index (χ2n) is 8.82. The summed E-state index contributed by atoms with van der Waals surface area (Å²) in [5.74, 6) is 0.441. The standard InChI is InChI=1S/C22H28/c1-14-17-10-8-15(21(2,3)4)12-19(17)20-13-16(22(5,6)7)9-11-18(14)20/h8-13,19H,1-7H3. The Labute approximate surface area is 135 Å². The van der Waals surface area contributed by atoms with Gasteiger partial charge in [-0.3, -0.25) is 0 Å². The Morgan fingerprint density at radius 1 is 0.864 bits per heavy atom. The Morgan fingerprint density at radius 2 is 1.55 bits per heavy atom. The molecule has 0 aliphatic heterocycles. The average Bonchev–Trinajstić information content (AvgIpc) is 2.70. The van der Waals surface area contributed by atoms with Crippen molar-refractivity contribution in [2.24, 2.45) is 5.41 Å². The summed E-state index contributed by atoms with van der Waals surface area (Å²) in [6, 6.07) is 7.07. The highest BCUT2D eigenvalue weighted by Gasteiger charge is 2.31. The minimum atomic E-state index is 0.201. The Bertz CT molecular complexity index is 709. The lowest BCUT2D eigenvalue weighted by molar-refractivity contribution is 0.512. The van der Waals surface area contributed by atoms with Crippen LogP contribution in [0.15, 0.2) is 47.6 Å². The Balaban J connectivity index is 2.13. The summed E-state index contributed by atoms with van der Waals surface area (Å²) >= 11 is 0. The molecule has 0 amide bonds. The zero-order valence-electron chi connectivity index (χ0n) is 15.0. The molecule has 22 heavy (non-hydrogen) atoms. The second-order valence-corrected chi connectivity index (χ2v) is 8.82. The first-order chi connectivity index (χ1) is 10.1. The molecule has 2 aliphatic carbocycles. The van der Waals surface area contributed by atoms with Crippen molar-refractivity contribution in [1.82, 2.24) is 0 Å². The van der Waals surface area contributed by atoms with Crippen LogP contribution in [0.2, 0.25) is 0 Å². The predicted molar refractivity (Wildman–Crippen MR) is 97.2 cm³/mol. The van der Waals surface area contributed by atoms with Gasteiger partial charge in [-0.2, -0.15) is 0 Å². The molecule has 0 saturated heterocycles. The number of fused-ring (bicyclic) bond motifs is 3. The molecule has 0 heterocycles. The maximum absolute atomic E-state index is 2.48. The molecule has 0 nitrogen and oxygen atoms in total. The van der Waals surface area contributed by atoms with Crippen LogP contribution in [0, 0.1) is 5.41 Å². The smallest absolute Gasteiger partial charge is 0.0284 e. The fourth-order valence-corrected chi connectivity index (χ4v) is 3.51. The van der Waals surface area contributed by atoms with Gasteiger partial charge in [0.1, 0.15) is 0 Å². The lowest BCUT2D eigenvalue weighted by Crippen LogP contribution is -2.13. The van der Waals surface area contributed by atoms with E-state index in [9.17, 15) is 0 Å². The summed E-state index contributed by atoms with van der Waals surface area (Å²) in [4.78, 5) is 0. The van der Waals surface area contributed by atoms with E-state index in [0.717, 1.165) is 0 Å². The maximum Gasteiger partial charge on any atom is 0.0284 e. The maximum atomic E-state index is 2.48. The largest absolute Gasteiger partial charge is 0.0689 e. The molecule has 0 heteroatoms. The van der Waals surface area contributed by atoms with Crippen LogP contribution in [0.3, 0.4) is 0 Å². The van der Waals surface area contributed by atoms with E-state index in [0.29, 0.717) is 5.92 Å². The van der Waals surface area contributed by atoms with Crippen molar-refractivity contribution in [3.05, 3.63) is 64.3 Å². The molecule has 0 N–H and O–H groups in total. The van der Waals surface area contributed by atoms with E-state index in [2.05, 4.69) is 84.9 Å². The summed E-state index contributed by atoms with van der Waals surface area (Å²) in [5.41, 5.74) is 9.14. The normalized spacial score (nSPS) is 20.9. The van der Waals surface area contributed by atoms with Crippen molar-refractivity contribution >= 4 is 5.57 Å². The zero-order valence-corrected chi connectivity index (χ0v) is 15.0. The van der Waals surface area contributed by atoms with Crippen molar-refractivity contribution in [1.29, 1.82) is 0 Å². The third kappa shape index (κ3) is 2.39. The minimum absolute atomic E-state index is 0.201. The number of allylic oxidation sites excluding steroid dienone is 6. The van der Waals surface area contributed by atoms with Crippen LogP contribution in [-0.2, 0) is 5.41 Å². The molecule has 3 rings (SSSR count). The average molecular weight is 292 g/mol. The molecule has 2 aliphatic rings. The first-order valence-electron chi connectivity index (χ1n) is 8.35. The molecule has 1 aromatic rings. The first kappa shape index (κ1) is 15.3.